The maximum absolute atomic E-state index is 3.72. The first-order valence-electron chi connectivity index (χ1n) is 5.70. The van der Waals surface area contributed by atoms with Crippen LogP contribution in [0.2, 0.25) is 0 Å². The zero-order valence-electron chi connectivity index (χ0n) is 11.2. The zero-order valence-corrected chi connectivity index (χ0v) is 11.2. The maximum atomic E-state index is 3.72. The molecule has 0 unspecified atom stereocenters. The predicted octanol–water partition coefficient (Wildman–Crippen LogP) is 4.58. The average molecular weight is 200 g/mol. The maximum Gasteiger partial charge on any atom is 0.0451 e. The lowest BCUT2D eigenvalue weighted by Crippen LogP contribution is -1.66. The van der Waals surface area contributed by atoms with E-state index in [1.165, 1.54) is 0 Å². The number of hydrogen-bond acceptors (Lipinski definition) is 2. The minimum atomic E-state index is 1.64. The number of nitrogens with zero attached hydrogens (tertiary/aromatic N) is 2. The molecule has 1 aromatic rings. The van der Waals surface area contributed by atoms with Gasteiger partial charge in [-0.1, -0.05) is 55.4 Å². The summed E-state index contributed by atoms with van der Waals surface area (Å²) >= 11 is 0. The van der Waals surface area contributed by atoms with Crippen molar-refractivity contribution < 1.29 is 0 Å². The Kier molecular flexibility index (Phi) is 95.0. The fraction of sp³-hybridized carbons (Fsp3) is 0.667. The summed E-state index contributed by atoms with van der Waals surface area (Å²) in [6.45, 7) is 16.0. The van der Waals surface area contributed by atoms with Crippen molar-refractivity contribution in [2.24, 2.45) is 0 Å². The molecule has 0 aliphatic carbocycles. The molecule has 86 valence electrons. The monoisotopic (exact) mass is 200 g/mol. The van der Waals surface area contributed by atoms with E-state index in [0.29, 0.717) is 0 Å². The SMILES string of the molecule is CC.CC.CC.CC.c1cnccn1. The molecule has 2 nitrogen and oxygen atoms in total. The van der Waals surface area contributed by atoms with Crippen molar-refractivity contribution in [3.05, 3.63) is 24.8 Å². The van der Waals surface area contributed by atoms with Crippen LogP contribution in [-0.2, 0) is 0 Å². The molecule has 0 aliphatic heterocycles. The molecule has 1 aromatic heterocycles. The summed E-state index contributed by atoms with van der Waals surface area (Å²) in [6.07, 6.45) is 6.56. The highest BCUT2D eigenvalue weighted by Gasteiger charge is 1.59. The third-order valence-electron chi connectivity index (χ3n) is 0.478. The molecule has 0 saturated heterocycles. The molecule has 14 heavy (non-hydrogen) atoms. The molecule has 0 amide bonds. The first kappa shape index (κ1) is 23.2. The molecule has 1 heterocycles. The van der Waals surface area contributed by atoms with Crippen molar-refractivity contribution in [3.63, 3.8) is 0 Å². The Bertz CT molecular complexity index is 80.2. The van der Waals surface area contributed by atoms with E-state index in [4.69, 9.17) is 0 Å². The van der Waals surface area contributed by atoms with Gasteiger partial charge in [0.2, 0.25) is 0 Å². The van der Waals surface area contributed by atoms with E-state index in [2.05, 4.69) is 9.97 Å². The third kappa shape index (κ3) is 43.6. The molecule has 0 fully saturated rings. The summed E-state index contributed by atoms with van der Waals surface area (Å²) < 4.78 is 0. The van der Waals surface area contributed by atoms with E-state index in [9.17, 15) is 0 Å². The van der Waals surface area contributed by atoms with Crippen LogP contribution in [0.1, 0.15) is 55.4 Å². The van der Waals surface area contributed by atoms with E-state index in [0.717, 1.165) is 0 Å². The quantitative estimate of drug-likeness (QED) is 0.612. The lowest BCUT2D eigenvalue weighted by molar-refractivity contribution is 1.20. The van der Waals surface area contributed by atoms with Gasteiger partial charge in [-0.2, -0.15) is 0 Å². The molecule has 0 bridgehead atoms. The lowest BCUT2D eigenvalue weighted by Gasteiger charge is -1.70. The molecular weight excluding hydrogens is 172 g/mol. The highest BCUT2D eigenvalue weighted by atomic mass is 14.7. The van der Waals surface area contributed by atoms with Crippen molar-refractivity contribution >= 4 is 0 Å². The summed E-state index contributed by atoms with van der Waals surface area (Å²) in [4.78, 5) is 7.44. The molecular formula is C12H28N2. The van der Waals surface area contributed by atoms with Crippen LogP contribution in [0.25, 0.3) is 0 Å². The fourth-order valence-electron chi connectivity index (χ4n) is 0.253. The Hall–Kier alpha value is -0.920. The normalized spacial score (nSPS) is 5.14. The van der Waals surface area contributed by atoms with Crippen molar-refractivity contribution in [1.29, 1.82) is 0 Å². The molecule has 0 spiro atoms. The van der Waals surface area contributed by atoms with E-state index < -0.39 is 0 Å². The van der Waals surface area contributed by atoms with Gasteiger partial charge in [0.05, 0.1) is 0 Å². The molecule has 2 heteroatoms. The molecule has 0 aliphatic rings. The van der Waals surface area contributed by atoms with Gasteiger partial charge < -0.3 is 0 Å². The number of hydrogen-bond donors (Lipinski definition) is 0. The molecule has 1 rings (SSSR count). The summed E-state index contributed by atoms with van der Waals surface area (Å²) in [5.41, 5.74) is 0. The smallest absolute Gasteiger partial charge is 0.0451 e. The first-order chi connectivity index (χ1) is 7.00. The highest BCUT2D eigenvalue weighted by molar-refractivity contribution is 4.70. The van der Waals surface area contributed by atoms with E-state index in [1.54, 1.807) is 24.8 Å². The topological polar surface area (TPSA) is 25.8 Å². The van der Waals surface area contributed by atoms with Crippen LogP contribution >= 0.6 is 0 Å². The Morgan fingerprint density at radius 3 is 0.643 bits per heavy atom. The molecule has 0 radical (unpaired) electrons. The Balaban J connectivity index is -0.0000000542. The Morgan fingerprint density at radius 2 is 0.571 bits per heavy atom. The summed E-state index contributed by atoms with van der Waals surface area (Å²) in [5, 5.41) is 0. The molecule has 0 saturated carbocycles. The largest absolute Gasteiger partial charge is 0.262 e. The van der Waals surface area contributed by atoms with Gasteiger partial charge in [-0.25, -0.2) is 0 Å². The van der Waals surface area contributed by atoms with Crippen LogP contribution in [0, 0.1) is 0 Å². The van der Waals surface area contributed by atoms with Crippen molar-refractivity contribution in [2.45, 2.75) is 55.4 Å². The lowest BCUT2D eigenvalue weighted by atomic mass is 10.8. The van der Waals surface area contributed by atoms with Crippen molar-refractivity contribution in [2.75, 3.05) is 0 Å². The van der Waals surface area contributed by atoms with Gasteiger partial charge in [0.25, 0.3) is 0 Å². The van der Waals surface area contributed by atoms with Crippen LogP contribution < -0.4 is 0 Å². The van der Waals surface area contributed by atoms with E-state index in [-0.39, 0.29) is 0 Å². The summed E-state index contributed by atoms with van der Waals surface area (Å²) in [7, 11) is 0. The minimum Gasteiger partial charge on any atom is -0.262 e. The van der Waals surface area contributed by atoms with Gasteiger partial charge in [0.1, 0.15) is 0 Å². The van der Waals surface area contributed by atoms with Crippen LogP contribution in [0.3, 0.4) is 0 Å². The second-order valence-electron chi connectivity index (χ2n) is 0.894. The van der Waals surface area contributed by atoms with Gasteiger partial charge in [-0.3, -0.25) is 9.97 Å². The summed E-state index contributed by atoms with van der Waals surface area (Å²) in [6, 6.07) is 0. The first-order valence-corrected chi connectivity index (χ1v) is 5.70. The third-order valence-corrected chi connectivity index (χ3v) is 0.478. The standard InChI is InChI=1S/C4H4N2.4C2H6/c1-2-6-4-3-5-1;4*1-2/h1-4H;4*1-2H3. The second kappa shape index (κ2) is 57.5. The van der Waals surface area contributed by atoms with Crippen LogP contribution in [0.5, 0.6) is 0 Å². The van der Waals surface area contributed by atoms with Crippen LogP contribution in [-0.4, -0.2) is 9.97 Å². The predicted molar refractivity (Wildman–Crippen MR) is 67.4 cm³/mol. The second-order valence-corrected chi connectivity index (χ2v) is 0.894. The van der Waals surface area contributed by atoms with Gasteiger partial charge in [0.15, 0.2) is 0 Å². The molecule has 0 N–H and O–H groups in total. The molecule has 0 aromatic carbocycles. The van der Waals surface area contributed by atoms with Crippen molar-refractivity contribution in [1.82, 2.24) is 9.97 Å². The number of aromatic nitrogens is 2. The van der Waals surface area contributed by atoms with Gasteiger partial charge >= 0.3 is 0 Å². The average Bonchev–Trinajstić information content (AvgIpc) is 2.41. The van der Waals surface area contributed by atoms with Gasteiger partial charge in [0, 0.05) is 24.8 Å². The van der Waals surface area contributed by atoms with E-state index >= 15 is 0 Å². The highest BCUT2D eigenvalue weighted by Crippen LogP contribution is 1.65. The summed E-state index contributed by atoms with van der Waals surface area (Å²) in [5.74, 6) is 0. The van der Waals surface area contributed by atoms with Crippen LogP contribution in [0.15, 0.2) is 24.8 Å². The Morgan fingerprint density at radius 1 is 0.429 bits per heavy atom. The number of rotatable bonds is 0. The van der Waals surface area contributed by atoms with Crippen LogP contribution in [0.4, 0.5) is 0 Å². The fourth-order valence-corrected chi connectivity index (χ4v) is 0.253. The Labute approximate surface area is 90.8 Å². The van der Waals surface area contributed by atoms with Gasteiger partial charge in [-0.15, -0.1) is 0 Å². The van der Waals surface area contributed by atoms with Gasteiger partial charge in [-0.05, 0) is 0 Å². The van der Waals surface area contributed by atoms with Crippen molar-refractivity contribution in [3.8, 4) is 0 Å². The molecule has 0 atom stereocenters. The zero-order chi connectivity index (χ0) is 12.2. The van der Waals surface area contributed by atoms with E-state index in [1.807, 2.05) is 55.4 Å². The minimum absolute atomic E-state index is 1.64.